The van der Waals surface area contributed by atoms with Gasteiger partial charge in [0.2, 0.25) is 5.91 Å². The van der Waals surface area contributed by atoms with Gasteiger partial charge in [-0.3, -0.25) is 14.3 Å². The molecule has 0 saturated carbocycles. The third kappa shape index (κ3) is 5.97. The Hall–Kier alpha value is -4.00. The Morgan fingerprint density at radius 3 is 2.72 bits per heavy atom. The van der Waals surface area contributed by atoms with Crippen LogP contribution in [-0.2, 0) is 11.3 Å². The number of thioether (sulfide) groups is 1. The zero-order chi connectivity index (χ0) is 26.2. The molecule has 0 atom stereocenters. The van der Waals surface area contributed by atoms with E-state index in [1.165, 1.54) is 52.7 Å². The van der Waals surface area contributed by atoms with Gasteiger partial charge in [0.1, 0.15) is 23.6 Å². The molecule has 1 aromatic carbocycles. The Labute approximate surface area is 210 Å². The van der Waals surface area contributed by atoms with Crippen molar-refractivity contribution in [1.29, 1.82) is 0 Å². The maximum absolute atomic E-state index is 13.1. The van der Waals surface area contributed by atoms with Crippen molar-refractivity contribution in [3.63, 3.8) is 0 Å². The number of alkyl halides is 2. The number of nitrogens with zero attached hydrogens (tertiary/aromatic N) is 5. The minimum absolute atomic E-state index is 0.119. The normalized spacial score (nSPS) is 10.6. The summed E-state index contributed by atoms with van der Waals surface area (Å²) in [6.07, 6.45) is 7.82. The van der Waals surface area contributed by atoms with Gasteiger partial charge in [-0.05, 0) is 30.5 Å². The number of likely N-dealkylation sites (N-methyl/N-ethyl adjacent to an activating group) is 1. The van der Waals surface area contributed by atoms with Crippen LogP contribution in [0.2, 0.25) is 0 Å². The van der Waals surface area contributed by atoms with Crippen LogP contribution in [0.25, 0.3) is 16.9 Å². The highest BCUT2D eigenvalue weighted by molar-refractivity contribution is 7.98. The molecule has 0 aliphatic rings. The fourth-order valence-corrected chi connectivity index (χ4v) is 3.66. The van der Waals surface area contributed by atoms with Crippen molar-refractivity contribution >= 4 is 34.9 Å². The molecule has 0 saturated heterocycles. The summed E-state index contributed by atoms with van der Waals surface area (Å²) < 4.78 is 33.6. The van der Waals surface area contributed by atoms with E-state index in [4.69, 9.17) is 4.74 Å². The standard InChI is InChI=1S/C21H19F2N7O3S.C2H6/c1-24-17(31)11-29-10-15(27-20(32)14-9-26-30-7-3-6-25-19(14)30)18(28-29)13-8-12(34-2)4-5-16(13)33-21(22)23;1-2/h3-10,21H,11H2,1-2H3,(H,24,31)(H,27,32);1-2H3. The van der Waals surface area contributed by atoms with E-state index < -0.39 is 12.5 Å². The van der Waals surface area contributed by atoms with E-state index in [-0.39, 0.29) is 40.7 Å². The number of ether oxygens (including phenoxy) is 1. The number of anilines is 1. The first-order valence-electron chi connectivity index (χ1n) is 10.9. The lowest BCUT2D eigenvalue weighted by Gasteiger charge is -2.12. The first-order chi connectivity index (χ1) is 17.4. The molecular weight excluding hydrogens is 492 g/mol. The second kappa shape index (κ2) is 12.1. The highest BCUT2D eigenvalue weighted by Crippen LogP contribution is 2.37. The fraction of sp³-hybridized carbons (Fsp3) is 0.261. The maximum Gasteiger partial charge on any atom is 0.387 e. The highest BCUT2D eigenvalue weighted by atomic mass is 32.2. The maximum atomic E-state index is 13.1. The van der Waals surface area contributed by atoms with E-state index in [0.29, 0.717) is 5.65 Å². The third-order valence-corrected chi connectivity index (χ3v) is 5.50. The Morgan fingerprint density at radius 1 is 1.25 bits per heavy atom. The van der Waals surface area contributed by atoms with Gasteiger partial charge in [-0.2, -0.15) is 19.0 Å². The topological polar surface area (TPSA) is 115 Å². The number of hydrogen-bond acceptors (Lipinski definition) is 7. The van der Waals surface area contributed by atoms with Crippen molar-refractivity contribution in [2.24, 2.45) is 0 Å². The van der Waals surface area contributed by atoms with E-state index in [9.17, 15) is 18.4 Å². The molecule has 3 aromatic heterocycles. The first-order valence-corrected chi connectivity index (χ1v) is 12.1. The van der Waals surface area contributed by atoms with Crippen molar-refractivity contribution in [2.75, 3.05) is 18.6 Å². The monoisotopic (exact) mass is 517 g/mol. The summed E-state index contributed by atoms with van der Waals surface area (Å²) in [5.41, 5.74) is 1.13. The number of nitrogens with one attached hydrogen (secondary N) is 2. The number of fused-ring (bicyclic) bond motifs is 1. The summed E-state index contributed by atoms with van der Waals surface area (Å²) in [6, 6.07) is 6.34. The van der Waals surface area contributed by atoms with Gasteiger partial charge >= 0.3 is 6.61 Å². The Bertz CT molecular complexity index is 1360. The van der Waals surface area contributed by atoms with Crippen LogP contribution < -0.4 is 15.4 Å². The van der Waals surface area contributed by atoms with Gasteiger partial charge in [0.05, 0.1) is 11.9 Å². The van der Waals surface area contributed by atoms with Gasteiger partial charge in [0.25, 0.3) is 5.91 Å². The molecule has 0 unspecified atom stereocenters. The SMILES string of the molecule is CC.CNC(=O)Cn1cc(NC(=O)c2cnn3cccnc23)c(-c2cc(SC)ccc2OC(F)F)n1. The summed E-state index contributed by atoms with van der Waals surface area (Å²) in [5.74, 6) is -0.987. The molecule has 10 nitrogen and oxygen atoms in total. The zero-order valence-electron chi connectivity index (χ0n) is 20.0. The smallest absolute Gasteiger partial charge is 0.387 e. The van der Waals surface area contributed by atoms with E-state index in [2.05, 4.69) is 25.8 Å². The van der Waals surface area contributed by atoms with Crippen LogP contribution in [0, 0.1) is 0 Å². The van der Waals surface area contributed by atoms with Crippen LogP contribution in [0.3, 0.4) is 0 Å². The van der Waals surface area contributed by atoms with Gasteiger partial charge in [-0.15, -0.1) is 11.8 Å². The van der Waals surface area contributed by atoms with Gasteiger partial charge < -0.3 is 15.4 Å². The van der Waals surface area contributed by atoms with Crippen LogP contribution in [0.1, 0.15) is 24.2 Å². The zero-order valence-corrected chi connectivity index (χ0v) is 20.8. The Kier molecular flexibility index (Phi) is 8.95. The summed E-state index contributed by atoms with van der Waals surface area (Å²) in [7, 11) is 1.48. The molecule has 4 rings (SSSR count). The molecule has 13 heteroatoms. The molecule has 4 aromatic rings. The molecular formula is C23H25F2N7O3S. The molecule has 0 aliphatic heterocycles. The lowest BCUT2D eigenvalue weighted by atomic mass is 10.1. The number of carbonyl (C=O) groups excluding carboxylic acids is 2. The number of benzene rings is 1. The van der Waals surface area contributed by atoms with Crippen LogP contribution in [0.4, 0.5) is 14.5 Å². The number of aromatic nitrogens is 5. The molecule has 0 radical (unpaired) electrons. The molecule has 0 aliphatic carbocycles. The summed E-state index contributed by atoms with van der Waals surface area (Å²) in [6.45, 7) is 0.792. The number of amides is 2. The molecule has 0 spiro atoms. The lowest BCUT2D eigenvalue weighted by molar-refractivity contribution is -0.121. The van der Waals surface area contributed by atoms with E-state index in [1.807, 2.05) is 20.1 Å². The molecule has 0 bridgehead atoms. The predicted molar refractivity (Wildman–Crippen MR) is 132 cm³/mol. The van der Waals surface area contributed by atoms with Crippen LogP contribution in [0.15, 0.2) is 53.9 Å². The second-order valence-corrected chi connectivity index (χ2v) is 7.78. The average molecular weight is 518 g/mol. The minimum atomic E-state index is -3.06. The average Bonchev–Trinajstić information content (AvgIpc) is 3.49. The Morgan fingerprint density at radius 2 is 2.03 bits per heavy atom. The van der Waals surface area contributed by atoms with E-state index in [0.717, 1.165) is 4.90 Å². The Balaban J connectivity index is 0.00000176. The molecule has 36 heavy (non-hydrogen) atoms. The molecule has 0 fully saturated rings. The third-order valence-electron chi connectivity index (χ3n) is 4.78. The fourth-order valence-electron chi connectivity index (χ4n) is 3.22. The quantitative estimate of drug-likeness (QED) is 0.340. The second-order valence-electron chi connectivity index (χ2n) is 6.90. The van der Waals surface area contributed by atoms with Crippen molar-refractivity contribution < 1.29 is 23.1 Å². The van der Waals surface area contributed by atoms with E-state index >= 15 is 0 Å². The predicted octanol–water partition coefficient (Wildman–Crippen LogP) is 3.94. The first kappa shape index (κ1) is 26.6. The highest BCUT2D eigenvalue weighted by Gasteiger charge is 2.22. The number of rotatable bonds is 8. The van der Waals surface area contributed by atoms with Gasteiger partial charge in [-0.1, -0.05) is 13.8 Å². The largest absolute Gasteiger partial charge is 0.434 e. The van der Waals surface area contributed by atoms with Crippen molar-refractivity contribution in [2.45, 2.75) is 31.9 Å². The minimum Gasteiger partial charge on any atom is -0.434 e. The van der Waals surface area contributed by atoms with Crippen molar-refractivity contribution in [3.05, 3.63) is 54.6 Å². The molecule has 2 N–H and O–H groups in total. The molecule has 3 heterocycles. The lowest BCUT2D eigenvalue weighted by Crippen LogP contribution is -2.23. The summed E-state index contributed by atoms with van der Waals surface area (Å²) in [5, 5.41) is 13.7. The summed E-state index contributed by atoms with van der Waals surface area (Å²) in [4.78, 5) is 29.9. The van der Waals surface area contributed by atoms with Gasteiger partial charge in [0, 0.05) is 36.1 Å². The van der Waals surface area contributed by atoms with Crippen molar-refractivity contribution in [1.82, 2.24) is 29.7 Å². The van der Waals surface area contributed by atoms with Crippen molar-refractivity contribution in [3.8, 4) is 17.0 Å². The number of carbonyl (C=O) groups is 2. The number of hydrogen-bond donors (Lipinski definition) is 2. The van der Waals surface area contributed by atoms with Gasteiger partial charge in [-0.25, -0.2) is 9.50 Å². The molecule has 190 valence electrons. The summed E-state index contributed by atoms with van der Waals surface area (Å²) >= 11 is 1.40. The van der Waals surface area contributed by atoms with Crippen LogP contribution in [0.5, 0.6) is 5.75 Å². The van der Waals surface area contributed by atoms with Gasteiger partial charge in [0.15, 0.2) is 5.65 Å². The molecule has 2 amide bonds. The number of halogens is 2. The van der Waals surface area contributed by atoms with Crippen LogP contribution in [-0.4, -0.2) is 56.1 Å². The van der Waals surface area contributed by atoms with E-state index in [1.54, 1.807) is 24.4 Å². The van der Waals surface area contributed by atoms with Crippen LogP contribution >= 0.6 is 11.8 Å².